The molecule has 0 aromatic carbocycles. The number of hydrogen-bond acceptors (Lipinski definition) is 4. The standard InChI is InChI=1S/C12H18N6O.ClH/c1-6(8-4-13-5-8)12(19)14-10-9-7(2)17-18(3)11(9)16-15-10;/h6,8,13H,4-5H2,1-3H3,(H2,14,15,16,19);1H. The van der Waals surface area contributed by atoms with Crippen molar-refractivity contribution in [1.29, 1.82) is 0 Å². The molecule has 1 unspecified atom stereocenters. The van der Waals surface area contributed by atoms with E-state index in [-0.39, 0.29) is 24.2 Å². The molecule has 20 heavy (non-hydrogen) atoms. The van der Waals surface area contributed by atoms with Gasteiger partial charge >= 0.3 is 0 Å². The monoisotopic (exact) mass is 298 g/mol. The van der Waals surface area contributed by atoms with Gasteiger partial charge in [0.1, 0.15) is 5.82 Å². The molecule has 3 rings (SSSR count). The second kappa shape index (κ2) is 5.41. The molecule has 2 aromatic rings. The number of nitrogens with one attached hydrogen (secondary N) is 3. The van der Waals surface area contributed by atoms with Crippen LogP contribution in [0.3, 0.4) is 0 Å². The number of carbonyl (C=O) groups excluding carboxylic acids is 1. The molecule has 110 valence electrons. The second-order valence-electron chi connectivity index (χ2n) is 5.20. The van der Waals surface area contributed by atoms with E-state index in [0.29, 0.717) is 11.7 Å². The van der Waals surface area contributed by atoms with Gasteiger partial charge in [-0.2, -0.15) is 10.2 Å². The molecule has 0 aliphatic carbocycles. The van der Waals surface area contributed by atoms with Gasteiger partial charge in [0.05, 0.1) is 11.1 Å². The van der Waals surface area contributed by atoms with Crippen molar-refractivity contribution in [3.8, 4) is 0 Å². The van der Waals surface area contributed by atoms with Crippen LogP contribution < -0.4 is 10.6 Å². The number of fused-ring (bicyclic) bond motifs is 1. The van der Waals surface area contributed by atoms with Gasteiger partial charge in [0, 0.05) is 13.0 Å². The predicted octanol–water partition coefficient (Wildman–Crippen LogP) is 0.821. The highest BCUT2D eigenvalue weighted by Crippen LogP contribution is 2.25. The average Bonchev–Trinajstić information content (AvgIpc) is 2.80. The van der Waals surface area contributed by atoms with Crippen molar-refractivity contribution in [2.45, 2.75) is 13.8 Å². The van der Waals surface area contributed by atoms with Crippen LogP contribution in [0.1, 0.15) is 12.6 Å². The summed E-state index contributed by atoms with van der Waals surface area (Å²) in [4.78, 5) is 12.2. The first-order valence-corrected chi connectivity index (χ1v) is 6.47. The van der Waals surface area contributed by atoms with Gasteiger partial charge in [0.15, 0.2) is 5.65 Å². The molecular weight excluding hydrogens is 280 g/mol. The van der Waals surface area contributed by atoms with Gasteiger partial charge in [-0.3, -0.25) is 9.89 Å². The molecule has 7 nitrogen and oxygen atoms in total. The molecule has 1 atom stereocenters. The minimum Gasteiger partial charge on any atom is -0.316 e. The van der Waals surface area contributed by atoms with Gasteiger partial charge in [-0.25, -0.2) is 4.68 Å². The number of halogens is 1. The lowest BCUT2D eigenvalue weighted by atomic mass is 9.88. The van der Waals surface area contributed by atoms with Crippen molar-refractivity contribution in [2.75, 3.05) is 18.4 Å². The van der Waals surface area contributed by atoms with Crippen molar-refractivity contribution in [1.82, 2.24) is 25.3 Å². The topological polar surface area (TPSA) is 87.6 Å². The normalized spacial score (nSPS) is 16.6. The maximum Gasteiger partial charge on any atom is 0.228 e. The number of H-pyrrole nitrogens is 1. The number of amides is 1. The Hall–Kier alpha value is -1.60. The summed E-state index contributed by atoms with van der Waals surface area (Å²) >= 11 is 0. The molecule has 8 heteroatoms. The van der Waals surface area contributed by atoms with Gasteiger partial charge < -0.3 is 10.6 Å². The molecule has 0 radical (unpaired) electrons. The van der Waals surface area contributed by atoms with Crippen LogP contribution in [0.2, 0.25) is 0 Å². The molecule has 1 aliphatic rings. The Balaban J connectivity index is 0.00000147. The highest BCUT2D eigenvalue weighted by atomic mass is 35.5. The number of hydrogen-bond donors (Lipinski definition) is 3. The zero-order chi connectivity index (χ0) is 13.6. The third-order valence-corrected chi connectivity index (χ3v) is 3.90. The van der Waals surface area contributed by atoms with E-state index in [0.717, 1.165) is 29.8 Å². The van der Waals surface area contributed by atoms with Gasteiger partial charge in [-0.1, -0.05) is 6.92 Å². The molecule has 0 saturated carbocycles. The van der Waals surface area contributed by atoms with Crippen LogP contribution in [-0.2, 0) is 11.8 Å². The summed E-state index contributed by atoms with van der Waals surface area (Å²) in [5, 5.41) is 18.4. The molecule has 1 aliphatic heterocycles. The van der Waals surface area contributed by atoms with E-state index in [1.165, 1.54) is 0 Å². The number of carbonyl (C=O) groups is 1. The van der Waals surface area contributed by atoms with Gasteiger partial charge in [-0.15, -0.1) is 12.4 Å². The molecule has 0 bridgehead atoms. The number of rotatable bonds is 3. The van der Waals surface area contributed by atoms with Crippen molar-refractivity contribution in [2.24, 2.45) is 18.9 Å². The Morgan fingerprint density at radius 2 is 2.20 bits per heavy atom. The first-order valence-electron chi connectivity index (χ1n) is 6.47. The lowest BCUT2D eigenvalue weighted by Crippen LogP contribution is -2.48. The number of nitrogens with zero attached hydrogens (tertiary/aromatic N) is 3. The Morgan fingerprint density at radius 3 is 2.80 bits per heavy atom. The van der Waals surface area contributed by atoms with Crippen LogP contribution in [0.15, 0.2) is 0 Å². The molecule has 2 aromatic heterocycles. The Morgan fingerprint density at radius 1 is 1.50 bits per heavy atom. The maximum atomic E-state index is 12.2. The number of aromatic nitrogens is 4. The molecule has 1 saturated heterocycles. The molecule has 1 amide bonds. The number of aromatic amines is 1. The number of anilines is 1. The van der Waals surface area contributed by atoms with Crippen LogP contribution in [0.5, 0.6) is 0 Å². The van der Waals surface area contributed by atoms with Crippen LogP contribution in [0.25, 0.3) is 11.0 Å². The highest BCUT2D eigenvalue weighted by molar-refractivity contribution is 6.00. The molecule has 1 fully saturated rings. The predicted molar refractivity (Wildman–Crippen MR) is 79.0 cm³/mol. The van der Waals surface area contributed by atoms with Crippen molar-refractivity contribution in [3.05, 3.63) is 5.69 Å². The zero-order valence-electron chi connectivity index (χ0n) is 11.7. The molecular formula is C12H19ClN6O. The minimum atomic E-state index is -0.00317. The van der Waals surface area contributed by atoms with Crippen LogP contribution >= 0.6 is 12.4 Å². The first kappa shape index (κ1) is 14.8. The van der Waals surface area contributed by atoms with Crippen molar-refractivity contribution >= 4 is 35.2 Å². The minimum absolute atomic E-state index is 0. The van der Waals surface area contributed by atoms with Gasteiger partial charge in [0.25, 0.3) is 0 Å². The highest BCUT2D eigenvalue weighted by Gasteiger charge is 2.29. The van der Waals surface area contributed by atoms with Crippen LogP contribution in [0.4, 0.5) is 5.82 Å². The van der Waals surface area contributed by atoms with E-state index in [1.54, 1.807) is 4.68 Å². The smallest absolute Gasteiger partial charge is 0.228 e. The third-order valence-electron chi connectivity index (χ3n) is 3.90. The third kappa shape index (κ3) is 2.27. The molecule has 0 spiro atoms. The Bertz CT molecular complexity index is 629. The first-order chi connectivity index (χ1) is 9.08. The maximum absolute atomic E-state index is 12.2. The Kier molecular flexibility index (Phi) is 4.01. The van der Waals surface area contributed by atoms with Crippen LogP contribution in [0, 0.1) is 18.8 Å². The van der Waals surface area contributed by atoms with E-state index >= 15 is 0 Å². The average molecular weight is 299 g/mol. The summed E-state index contributed by atoms with van der Waals surface area (Å²) in [7, 11) is 1.84. The van der Waals surface area contributed by atoms with Gasteiger partial charge in [0.2, 0.25) is 5.91 Å². The summed E-state index contributed by atoms with van der Waals surface area (Å²) in [5.41, 5.74) is 1.62. The fraction of sp³-hybridized carbons (Fsp3) is 0.583. The lowest BCUT2D eigenvalue weighted by molar-refractivity contribution is -0.121. The SMILES string of the molecule is Cc1nn(C)c2n[nH]c(NC(=O)C(C)C3CNC3)c12.Cl. The second-order valence-corrected chi connectivity index (χ2v) is 5.20. The van der Waals surface area contributed by atoms with E-state index < -0.39 is 0 Å². The number of aryl methyl sites for hydroxylation is 2. The quantitative estimate of drug-likeness (QED) is 0.783. The largest absolute Gasteiger partial charge is 0.316 e. The van der Waals surface area contributed by atoms with E-state index in [2.05, 4.69) is 25.9 Å². The fourth-order valence-corrected chi connectivity index (χ4v) is 2.44. The molecule has 3 N–H and O–H groups in total. The van der Waals surface area contributed by atoms with E-state index in [4.69, 9.17) is 0 Å². The zero-order valence-corrected chi connectivity index (χ0v) is 12.5. The summed E-state index contributed by atoms with van der Waals surface area (Å²) in [6.07, 6.45) is 0. The summed E-state index contributed by atoms with van der Waals surface area (Å²) < 4.78 is 1.70. The van der Waals surface area contributed by atoms with Crippen molar-refractivity contribution in [3.63, 3.8) is 0 Å². The Labute approximate surface area is 122 Å². The summed E-state index contributed by atoms with van der Waals surface area (Å²) in [6, 6.07) is 0. The van der Waals surface area contributed by atoms with Crippen molar-refractivity contribution < 1.29 is 4.79 Å². The van der Waals surface area contributed by atoms with E-state index in [1.807, 2.05) is 20.9 Å². The molecule has 3 heterocycles. The summed E-state index contributed by atoms with van der Waals surface area (Å²) in [6.45, 7) is 5.70. The van der Waals surface area contributed by atoms with E-state index in [9.17, 15) is 4.79 Å². The lowest BCUT2D eigenvalue weighted by Gasteiger charge is -2.31. The van der Waals surface area contributed by atoms with Gasteiger partial charge in [-0.05, 0) is 25.9 Å². The summed E-state index contributed by atoms with van der Waals surface area (Å²) in [5.74, 6) is 1.09. The van der Waals surface area contributed by atoms with Crippen LogP contribution in [-0.4, -0.2) is 39.0 Å². The fourth-order valence-electron chi connectivity index (χ4n) is 2.44.